The van der Waals surface area contributed by atoms with E-state index in [2.05, 4.69) is 4.74 Å². The minimum absolute atomic E-state index is 0.0634. The van der Waals surface area contributed by atoms with Crippen LogP contribution in [-0.2, 0) is 26.0 Å². The Morgan fingerprint density at radius 2 is 1.86 bits per heavy atom. The molecule has 0 amide bonds. The Labute approximate surface area is 120 Å². The highest BCUT2D eigenvalue weighted by molar-refractivity contribution is 7.90. The van der Waals surface area contributed by atoms with Gasteiger partial charge >= 0.3 is 21.5 Å². The number of methoxy groups -OCH3 is 1. The first-order valence-corrected chi connectivity index (χ1v) is 7.33. The van der Waals surface area contributed by atoms with Crippen molar-refractivity contribution >= 4 is 16.0 Å². The van der Waals surface area contributed by atoms with Crippen LogP contribution in [0.2, 0.25) is 0 Å². The summed E-state index contributed by atoms with van der Waals surface area (Å²) in [5, 5.41) is 0. The highest BCUT2D eigenvalue weighted by atomic mass is 32.2. The molecule has 5 nitrogen and oxygen atoms in total. The summed E-state index contributed by atoms with van der Waals surface area (Å²) in [7, 11) is -4.40. The van der Waals surface area contributed by atoms with Crippen molar-refractivity contribution in [3.63, 3.8) is 0 Å². The van der Waals surface area contributed by atoms with Crippen molar-refractivity contribution in [1.82, 2.24) is 4.72 Å². The standard InChI is InChI=1S/C12H14F3NO4S/c1-20-11(17)10(7-9-5-3-2-4-6-9)8-16-21(18,19)12(13,14)15/h2-6,10,16H,7-8H2,1H3/t10-/m1/s1. The topological polar surface area (TPSA) is 72.5 Å². The molecule has 1 rings (SSSR count). The van der Waals surface area contributed by atoms with E-state index in [0.717, 1.165) is 7.11 Å². The SMILES string of the molecule is COC(=O)[C@@H](CNS(=O)(=O)C(F)(F)F)Cc1ccccc1. The normalized spacial score (nSPS) is 13.7. The second kappa shape index (κ2) is 6.90. The first-order valence-electron chi connectivity index (χ1n) is 5.85. The molecule has 21 heavy (non-hydrogen) atoms. The third kappa shape index (κ3) is 5.01. The van der Waals surface area contributed by atoms with E-state index in [1.54, 1.807) is 30.3 Å². The van der Waals surface area contributed by atoms with Gasteiger partial charge in [0.15, 0.2) is 0 Å². The van der Waals surface area contributed by atoms with Gasteiger partial charge in [-0.25, -0.2) is 13.1 Å². The molecule has 0 aliphatic carbocycles. The Morgan fingerprint density at radius 3 is 2.33 bits per heavy atom. The number of ether oxygens (including phenoxy) is 1. The lowest BCUT2D eigenvalue weighted by molar-refractivity contribution is -0.145. The molecular formula is C12H14F3NO4S. The molecule has 0 aromatic heterocycles. The van der Waals surface area contributed by atoms with E-state index in [4.69, 9.17) is 0 Å². The van der Waals surface area contributed by atoms with Crippen LogP contribution in [0.4, 0.5) is 13.2 Å². The highest BCUT2D eigenvalue weighted by Gasteiger charge is 2.46. The van der Waals surface area contributed by atoms with Gasteiger partial charge < -0.3 is 4.74 Å². The van der Waals surface area contributed by atoms with Gasteiger partial charge in [-0.05, 0) is 12.0 Å². The number of alkyl halides is 3. The van der Waals surface area contributed by atoms with Crippen LogP contribution in [0, 0.1) is 5.92 Å². The fourth-order valence-electron chi connectivity index (χ4n) is 1.60. The number of carbonyl (C=O) groups excluding carboxylic acids is 1. The summed E-state index contributed by atoms with van der Waals surface area (Å²) >= 11 is 0. The third-order valence-electron chi connectivity index (χ3n) is 2.68. The lowest BCUT2D eigenvalue weighted by atomic mass is 10.00. The van der Waals surface area contributed by atoms with E-state index in [1.807, 2.05) is 0 Å². The molecule has 0 saturated heterocycles. The van der Waals surface area contributed by atoms with Crippen LogP contribution in [0.3, 0.4) is 0 Å². The van der Waals surface area contributed by atoms with Gasteiger partial charge in [0.1, 0.15) is 0 Å². The van der Waals surface area contributed by atoms with Gasteiger partial charge in [0.25, 0.3) is 0 Å². The lowest BCUT2D eigenvalue weighted by Gasteiger charge is -2.16. The van der Waals surface area contributed by atoms with Gasteiger partial charge in [0, 0.05) is 6.54 Å². The van der Waals surface area contributed by atoms with E-state index in [9.17, 15) is 26.4 Å². The number of esters is 1. The zero-order valence-corrected chi connectivity index (χ0v) is 11.9. The Hall–Kier alpha value is -1.61. The molecular weight excluding hydrogens is 311 g/mol. The molecule has 1 N–H and O–H groups in total. The molecule has 0 bridgehead atoms. The molecule has 0 heterocycles. The van der Waals surface area contributed by atoms with Crippen LogP contribution in [0.15, 0.2) is 30.3 Å². The summed E-state index contributed by atoms with van der Waals surface area (Å²) < 4.78 is 64.4. The van der Waals surface area contributed by atoms with Gasteiger partial charge in [0.2, 0.25) is 0 Å². The van der Waals surface area contributed by atoms with Crippen molar-refractivity contribution < 1.29 is 31.1 Å². The molecule has 118 valence electrons. The Bertz CT molecular complexity index is 572. The molecule has 0 radical (unpaired) electrons. The fourth-order valence-corrected chi connectivity index (χ4v) is 2.18. The van der Waals surface area contributed by atoms with Crippen molar-refractivity contribution in [3.8, 4) is 0 Å². The third-order valence-corrected chi connectivity index (χ3v) is 3.84. The smallest absolute Gasteiger partial charge is 0.469 e. The molecule has 1 aromatic carbocycles. The fraction of sp³-hybridized carbons (Fsp3) is 0.417. The van der Waals surface area contributed by atoms with Crippen molar-refractivity contribution in [1.29, 1.82) is 0 Å². The Balaban J connectivity index is 2.79. The van der Waals surface area contributed by atoms with Crippen LogP contribution in [-0.4, -0.2) is 33.5 Å². The van der Waals surface area contributed by atoms with Crippen LogP contribution >= 0.6 is 0 Å². The zero-order valence-electron chi connectivity index (χ0n) is 11.1. The molecule has 1 aromatic rings. The largest absolute Gasteiger partial charge is 0.511 e. The van der Waals surface area contributed by atoms with E-state index in [0.29, 0.717) is 5.56 Å². The molecule has 9 heteroatoms. The molecule has 0 aliphatic heterocycles. The van der Waals surface area contributed by atoms with Gasteiger partial charge in [-0.3, -0.25) is 4.79 Å². The van der Waals surface area contributed by atoms with Crippen molar-refractivity contribution in [2.24, 2.45) is 5.92 Å². The monoisotopic (exact) mass is 325 g/mol. The predicted molar refractivity (Wildman–Crippen MR) is 68.6 cm³/mol. The number of rotatable bonds is 6. The van der Waals surface area contributed by atoms with Gasteiger partial charge in [-0.2, -0.15) is 13.2 Å². The first-order chi connectivity index (χ1) is 9.67. The molecule has 0 saturated carbocycles. The van der Waals surface area contributed by atoms with E-state index >= 15 is 0 Å². The molecule has 0 spiro atoms. The zero-order chi connectivity index (χ0) is 16.1. The number of nitrogens with one attached hydrogen (secondary N) is 1. The summed E-state index contributed by atoms with van der Waals surface area (Å²) in [5.41, 5.74) is -4.74. The minimum atomic E-state index is -5.48. The summed E-state index contributed by atoms with van der Waals surface area (Å²) in [4.78, 5) is 11.5. The first kappa shape index (κ1) is 17.4. The second-order valence-corrected chi connectivity index (χ2v) is 5.97. The number of benzene rings is 1. The van der Waals surface area contributed by atoms with Crippen LogP contribution < -0.4 is 4.72 Å². The average Bonchev–Trinajstić information content (AvgIpc) is 2.42. The van der Waals surface area contributed by atoms with Gasteiger partial charge in [-0.1, -0.05) is 30.3 Å². The van der Waals surface area contributed by atoms with Crippen LogP contribution in [0.25, 0.3) is 0 Å². The summed E-state index contributed by atoms with van der Waals surface area (Å²) in [6, 6.07) is 8.48. The number of carbonyl (C=O) groups is 1. The van der Waals surface area contributed by atoms with Crippen LogP contribution in [0.1, 0.15) is 5.56 Å². The maximum atomic E-state index is 12.2. The van der Waals surface area contributed by atoms with Gasteiger partial charge in [-0.15, -0.1) is 0 Å². The summed E-state index contributed by atoms with van der Waals surface area (Å²) in [6.07, 6.45) is 0.0634. The molecule has 0 aliphatic rings. The molecule has 0 unspecified atom stereocenters. The van der Waals surface area contributed by atoms with Crippen molar-refractivity contribution in [2.45, 2.75) is 11.9 Å². The average molecular weight is 325 g/mol. The lowest BCUT2D eigenvalue weighted by Crippen LogP contribution is -2.41. The van der Waals surface area contributed by atoms with E-state index in [1.165, 1.54) is 4.72 Å². The molecule has 0 fully saturated rings. The van der Waals surface area contributed by atoms with E-state index < -0.39 is 34.0 Å². The summed E-state index contributed by atoms with van der Waals surface area (Å²) in [5.74, 6) is -1.83. The van der Waals surface area contributed by atoms with Crippen LogP contribution in [0.5, 0.6) is 0 Å². The maximum absolute atomic E-state index is 12.2. The Morgan fingerprint density at radius 1 is 1.29 bits per heavy atom. The number of halogens is 3. The number of sulfonamides is 1. The number of hydrogen-bond acceptors (Lipinski definition) is 4. The predicted octanol–water partition coefficient (Wildman–Crippen LogP) is 1.46. The molecule has 1 atom stereocenters. The maximum Gasteiger partial charge on any atom is 0.511 e. The number of hydrogen-bond donors (Lipinski definition) is 1. The van der Waals surface area contributed by atoms with Crippen molar-refractivity contribution in [3.05, 3.63) is 35.9 Å². The highest BCUT2D eigenvalue weighted by Crippen LogP contribution is 2.22. The summed E-state index contributed by atoms with van der Waals surface area (Å²) in [6.45, 7) is -0.691. The van der Waals surface area contributed by atoms with E-state index in [-0.39, 0.29) is 6.42 Å². The Kier molecular flexibility index (Phi) is 5.73. The van der Waals surface area contributed by atoms with Gasteiger partial charge in [0.05, 0.1) is 13.0 Å². The minimum Gasteiger partial charge on any atom is -0.469 e. The second-order valence-electron chi connectivity index (χ2n) is 4.21. The quantitative estimate of drug-likeness (QED) is 0.804. The van der Waals surface area contributed by atoms with Crippen molar-refractivity contribution in [2.75, 3.05) is 13.7 Å².